The molecule has 2 N–H and O–H groups in total. The summed E-state index contributed by atoms with van der Waals surface area (Å²) in [5.41, 5.74) is 5.14. The first kappa shape index (κ1) is 20.5. The number of nitrogens with one attached hydrogen (secondary N) is 2. The highest BCUT2D eigenvalue weighted by Crippen LogP contribution is 2.19. The Labute approximate surface area is 170 Å². The highest BCUT2D eigenvalue weighted by Gasteiger charge is 2.11. The zero-order chi connectivity index (χ0) is 21.0. The summed E-state index contributed by atoms with van der Waals surface area (Å²) in [4.78, 5) is 39.7. The van der Waals surface area contributed by atoms with Crippen LogP contribution in [0.15, 0.2) is 47.3 Å². The SMILES string of the molecule is Cc1ccccc1C(=O)CCC(=O)NCCc1cc2ccc(C)c(C)c2[nH]c1=O. The molecule has 0 fully saturated rings. The monoisotopic (exact) mass is 390 g/mol. The number of H-pyrrole nitrogens is 1. The van der Waals surface area contributed by atoms with Crippen molar-refractivity contribution in [1.29, 1.82) is 0 Å². The number of aromatic amines is 1. The number of hydrogen-bond donors (Lipinski definition) is 2. The first-order chi connectivity index (χ1) is 13.9. The maximum absolute atomic E-state index is 12.4. The number of Topliss-reactive ketones (excluding diaryl/α,β-unsaturated/α-hetero) is 1. The molecule has 0 bridgehead atoms. The van der Waals surface area contributed by atoms with Gasteiger partial charge in [0.1, 0.15) is 0 Å². The molecule has 2 aromatic carbocycles. The zero-order valence-electron chi connectivity index (χ0n) is 17.1. The van der Waals surface area contributed by atoms with Gasteiger partial charge in [0.2, 0.25) is 5.91 Å². The topological polar surface area (TPSA) is 79.0 Å². The van der Waals surface area contributed by atoms with Gasteiger partial charge in [-0.05, 0) is 55.3 Å². The van der Waals surface area contributed by atoms with Crippen LogP contribution in [-0.2, 0) is 11.2 Å². The minimum atomic E-state index is -0.185. The van der Waals surface area contributed by atoms with Crippen LogP contribution in [0, 0.1) is 20.8 Å². The van der Waals surface area contributed by atoms with E-state index in [4.69, 9.17) is 0 Å². The second-order valence-corrected chi connectivity index (χ2v) is 7.43. The molecule has 1 heterocycles. The lowest BCUT2D eigenvalue weighted by Gasteiger charge is -2.09. The molecule has 0 saturated carbocycles. The Kier molecular flexibility index (Phi) is 6.27. The molecule has 5 heteroatoms. The van der Waals surface area contributed by atoms with Crippen LogP contribution in [0.25, 0.3) is 10.9 Å². The number of aryl methyl sites for hydroxylation is 3. The number of carbonyl (C=O) groups is 2. The maximum atomic E-state index is 12.4. The van der Waals surface area contributed by atoms with Crippen molar-refractivity contribution in [3.8, 4) is 0 Å². The van der Waals surface area contributed by atoms with Crippen molar-refractivity contribution in [2.75, 3.05) is 6.54 Å². The predicted molar refractivity (Wildman–Crippen MR) is 115 cm³/mol. The zero-order valence-corrected chi connectivity index (χ0v) is 17.1. The van der Waals surface area contributed by atoms with Gasteiger partial charge in [-0.1, -0.05) is 36.4 Å². The number of aromatic nitrogens is 1. The third-order valence-corrected chi connectivity index (χ3v) is 5.37. The van der Waals surface area contributed by atoms with Gasteiger partial charge in [0.05, 0.1) is 5.52 Å². The average molecular weight is 390 g/mol. The predicted octanol–water partition coefficient (Wildman–Crippen LogP) is 3.78. The molecule has 1 amide bonds. The number of benzene rings is 2. The van der Waals surface area contributed by atoms with Crippen molar-refractivity contribution in [1.82, 2.24) is 10.3 Å². The van der Waals surface area contributed by atoms with E-state index in [0.717, 1.165) is 27.6 Å². The molecule has 3 rings (SSSR count). The average Bonchev–Trinajstić information content (AvgIpc) is 2.70. The van der Waals surface area contributed by atoms with Gasteiger partial charge in [-0.15, -0.1) is 0 Å². The summed E-state index contributed by atoms with van der Waals surface area (Å²) >= 11 is 0. The molecule has 0 aliphatic rings. The van der Waals surface area contributed by atoms with Gasteiger partial charge in [0, 0.05) is 30.5 Å². The molecule has 0 saturated heterocycles. The summed E-state index contributed by atoms with van der Waals surface area (Å²) in [6.45, 7) is 6.25. The normalized spacial score (nSPS) is 10.9. The van der Waals surface area contributed by atoms with Crippen LogP contribution in [0.2, 0.25) is 0 Å². The Balaban J connectivity index is 1.54. The van der Waals surface area contributed by atoms with Crippen LogP contribution < -0.4 is 10.9 Å². The first-order valence-corrected chi connectivity index (χ1v) is 9.84. The van der Waals surface area contributed by atoms with Crippen molar-refractivity contribution < 1.29 is 9.59 Å². The van der Waals surface area contributed by atoms with E-state index in [1.54, 1.807) is 6.07 Å². The number of pyridine rings is 1. The van der Waals surface area contributed by atoms with Gasteiger partial charge in [-0.25, -0.2) is 0 Å². The van der Waals surface area contributed by atoms with Crippen molar-refractivity contribution >= 4 is 22.6 Å². The Morgan fingerprint density at radius 2 is 1.72 bits per heavy atom. The van der Waals surface area contributed by atoms with Crippen molar-refractivity contribution in [2.24, 2.45) is 0 Å². The molecule has 0 unspecified atom stereocenters. The Morgan fingerprint density at radius 1 is 0.966 bits per heavy atom. The minimum Gasteiger partial charge on any atom is -0.356 e. The third kappa shape index (κ3) is 4.80. The Morgan fingerprint density at radius 3 is 2.48 bits per heavy atom. The summed E-state index contributed by atoms with van der Waals surface area (Å²) in [6, 6.07) is 13.3. The minimum absolute atomic E-state index is 0.0325. The second-order valence-electron chi connectivity index (χ2n) is 7.43. The van der Waals surface area contributed by atoms with Gasteiger partial charge >= 0.3 is 0 Å². The number of ketones is 1. The second kappa shape index (κ2) is 8.86. The highest BCUT2D eigenvalue weighted by molar-refractivity contribution is 5.99. The standard InChI is InChI=1S/C24H26N2O3/c1-15-8-9-18-14-19(24(29)26-23(18)17(15)3)12-13-25-22(28)11-10-21(27)20-7-5-4-6-16(20)2/h4-9,14H,10-13H2,1-3H3,(H,25,28)(H,26,29). The Hall–Kier alpha value is -3.21. The Bertz CT molecular complexity index is 1130. The molecule has 0 aliphatic heterocycles. The summed E-state index contributed by atoms with van der Waals surface area (Å²) in [6.07, 6.45) is 0.751. The smallest absolute Gasteiger partial charge is 0.251 e. The fourth-order valence-corrected chi connectivity index (χ4v) is 3.43. The molecule has 3 aromatic rings. The van der Waals surface area contributed by atoms with E-state index < -0.39 is 0 Å². The molecule has 0 aliphatic carbocycles. The lowest BCUT2D eigenvalue weighted by atomic mass is 10.0. The number of fused-ring (bicyclic) bond motifs is 1. The maximum Gasteiger partial charge on any atom is 0.251 e. The van der Waals surface area contributed by atoms with E-state index in [2.05, 4.69) is 10.3 Å². The van der Waals surface area contributed by atoms with E-state index in [-0.39, 0.29) is 30.1 Å². The van der Waals surface area contributed by atoms with Gasteiger partial charge in [-0.2, -0.15) is 0 Å². The summed E-state index contributed by atoms with van der Waals surface area (Å²) in [7, 11) is 0. The molecule has 150 valence electrons. The number of carbonyl (C=O) groups excluding carboxylic acids is 2. The fourth-order valence-electron chi connectivity index (χ4n) is 3.43. The lowest BCUT2D eigenvalue weighted by molar-refractivity contribution is -0.121. The van der Waals surface area contributed by atoms with Gasteiger partial charge in [0.15, 0.2) is 5.78 Å². The molecule has 0 atom stereocenters. The molecular formula is C24H26N2O3. The van der Waals surface area contributed by atoms with Gasteiger partial charge in [-0.3, -0.25) is 14.4 Å². The quantitative estimate of drug-likeness (QED) is 0.603. The van der Waals surface area contributed by atoms with Crippen LogP contribution in [0.1, 0.15) is 45.5 Å². The van der Waals surface area contributed by atoms with Crippen LogP contribution in [0.3, 0.4) is 0 Å². The van der Waals surface area contributed by atoms with E-state index in [1.165, 1.54) is 0 Å². The largest absolute Gasteiger partial charge is 0.356 e. The number of rotatable bonds is 7. The van der Waals surface area contributed by atoms with E-state index in [1.807, 2.05) is 57.2 Å². The van der Waals surface area contributed by atoms with Crippen LogP contribution in [0.5, 0.6) is 0 Å². The van der Waals surface area contributed by atoms with Gasteiger partial charge in [0.25, 0.3) is 5.56 Å². The molecule has 0 radical (unpaired) electrons. The summed E-state index contributed by atoms with van der Waals surface area (Å²) in [5.74, 6) is -0.217. The number of hydrogen-bond acceptors (Lipinski definition) is 3. The van der Waals surface area contributed by atoms with Crippen LogP contribution in [0.4, 0.5) is 0 Å². The van der Waals surface area contributed by atoms with E-state index >= 15 is 0 Å². The third-order valence-electron chi connectivity index (χ3n) is 5.37. The first-order valence-electron chi connectivity index (χ1n) is 9.84. The van der Waals surface area contributed by atoms with Crippen molar-refractivity contribution in [3.05, 3.63) is 80.6 Å². The highest BCUT2D eigenvalue weighted by atomic mass is 16.2. The van der Waals surface area contributed by atoms with Crippen molar-refractivity contribution in [2.45, 2.75) is 40.0 Å². The molecule has 5 nitrogen and oxygen atoms in total. The molecule has 0 spiro atoms. The summed E-state index contributed by atoms with van der Waals surface area (Å²) in [5, 5.41) is 3.79. The van der Waals surface area contributed by atoms with E-state index in [0.29, 0.717) is 24.1 Å². The summed E-state index contributed by atoms with van der Waals surface area (Å²) < 4.78 is 0. The van der Waals surface area contributed by atoms with Crippen LogP contribution in [-0.4, -0.2) is 23.2 Å². The lowest BCUT2D eigenvalue weighted by Crippen LogP contribution is -2.27. The van der Waals surface area contributed by atoms with Crippen LogP contribution >= 0.6 is 0 Å². The van der Waals surface area contributed by atoms with Crippen molar-refractivity contribution in [3.63, 3.8) is 0 Å². The van der Waals surface area contributed by atoms with Gasteiger partial charge < -0.3 is 10.3 Å². The molecule has 1 aromatic heterocycles. The molecule has 29 heavy (non-hydrogen) atoms. The number of amides is 1. The fraction of sp³-hybridized carbons (Fsp3) is 0.292. The molecular weight excluding hydrogens is 364 g/mol. The van der Waals surface area contributed by atoms with E-state index in [9.17, 15) is 14.4 Å².